The van der Waals surface area contributed by atoms with Crippen molar-refractivity contribution in [2.45, 2.75) is 25.5 Å². The summed E-state index contributed by atoms with van der Waals surface area (Å²) in [4.78, 5) is 2.21. The Morgan fingerprint density at radius 1 is 1.69 bits per heavy atom. The third-order valence-corrected chi connectivity index (χ3v) is 2.49. The number of hydrogen-bond acceptors (Lipinski definition) is 3. The van der Waals surface area contributed by atoms with Crippen LogP contribution in [0.15, 0.2) is 22.8 Å². The molecule has 72 valence electrons. The topological polar surface area (TPSA) is 36.6 Å². The molecular formula is C10H15NO2. The Hall–Kier alpha value is -0.800. The molecule has 1 aromatic heterocycles. The minimum absolute atomic E-state index is 0.507. The lowest BCUT2D eigenvalue weighted by molar-refractivity contribution is 0.0670. The fraction of sp³-hybridized carbons (Fsp3) is 0.600. The van der Waals surface area contributed by atoms with Gasteiger partial charge in [-0.05, 0) is 25.5 Å². The van der Waals surface area contributed by atoms with Gasteiger partial charge in [-0.2, -0.15) is 0 Å². The van der Waals surface area contributed by atoms with Crippen molar-refractivity contribution in [1.29, 1.82) is 0 Å². The van der Waals surface area contributed by atoms with E-state index in [-0.39, 0.29) is 0 Å². The molecule has 1 saturated heterocycles. The smallest absolute Gasteiger partial charge is 0.117 e. The van der Waals surface area contributed by atoms with E-state index in [9.17, 15) is 5.11 Å². The fourth-order valence-corrected chi connectivity index (χ4v) is 1.80. The van der Waals surface area contributed by atoms with Gasteiger partial charge in [-0.3, -0.25) is 4.90 Å². The molecule has 2 heterocycles. The van der Waals surface area contributed by atoms with Crippen LogP contribution in [0.3, 0.4) is 0 Å². The Labute approximate surface area is 78.0 Å². The van der Waals surface area contributed by atoms with Crippen LogP contribution in [0.2, 0.25) is 0 Å². The zero-order valence-corrected chi connectivity index (χ0v) is 7.86. The third kappa shape index (κ3) is 2.11. The number of likely N-dealkylation sites (tertiary alicyclic amines) is 1. The number of rotatable bonds is 2. The summed E-state index contributed by atoms with van der Waals surface area (Å²) in [6.45, 7) is 4.39. The van der Waals surface area contributed by atoms with Gasteiger partial charge < -0.3 is 9.52 Å². The Kier molecular flexibility index (Phi) is 2.14. The highest BCUT2D eigenvalue weighted by atomic mass is 16.3. The quantitative estimate of drug-likeness (QED) is 0.745. The molecule has 2 rings (SSSR count). The molecule has 1 N–H and O–H groups in total. The van der Waals surface area contributed by atoms with Crippen LogP contribution in [0.25, 0.3) is 0 Å². The lowest BCUT2D eigenvalue weighted by Crippen LogP contribution is -2.29. The zero-order valence-electron chi connectivity index (χ0n) is 7.86. The van der Waals surface area contributed by atoms with Crippen molar-refractivity contribution in [2.75, 3.05) is 13.1 Å². The third-order valence-electron chi connectivity index (χ3n) is 2.49. The molecule has 1 atom stereocenters. The van der Waals surface area contributed by atoms with Crippen molar-refractivity contribution in [2.24, 2.45) is 0 Å². The maximum Gasteiger partial charge on any atom is 0.117 e. The molecule has 1 aromatic rings. The molecule has 0 aliphatic carbocycles. The highest BCUT2D eigenvalue weighted by molar-refractivity contribution is 4.99. The minimum Gasteiger partial charge on any atom is -0.468 e. The molecule has 3 nitrogen and oxygen atoms in total. The summed E-state index contributed by atoms with van der Waals surface area (Å²) < 4.78 is 5.24. The largest absolute Gasteiger partial charge is 0.468 e. The molecule has 1 aliphatic heterocycles. The van der Waals surface area contributed by atoms with E-state index in [0.29, 0.717) is 0 Å². The first kappa shape index (κ1) is 8.78. The van der Waals surface area contributed by atoms with Gasteiger partial charge in [-0.15, -0.1) is 0 Å². The molecular weight excluding hydrogens is 166 g/mol. The summed E-state index contributed by atoms with van der Waals surface area (Å²) >= 11 is 0. The van der Waals surface area contributed by atoms with Crippen LogP contribution in [0, 0.1) is 0 Å². The summed E-state index contributed by atoms with van der Waals surface area (Å²) in [5.41, 5.74) is -0.507. The Bertz CT molecular complexity index is 266. The summed E-state index contributed by atoms with van der Waals surface area (Å²) in [6, 6.07) is 3.86. The van der Waals surface area contributed by atoms with Crippen LogP contribution in [-0.2, 0) is 6.54 Å². The molecule has 0 bridgehead atoms. The average molecular weight is 181 g/mol. The Balaban J connectivity index is 1.91. The lowest BCUT2D eigenvalue weighted by Gasteiger charge is -2.17. The predicted molar refractivity (Wildman–Crippen MR) is 49.2 cm³/mol. The highest BCUT2D eigenvalue weighted by Gasteiger charge is 2.31. The van der Waals surface area contributed by atoms with E-state index in [1.165, 1.54) is 0 Å². The predicted octanol–water partition coefficient (Wildman–Crippen LogP) is 1.24. The number of aliphatic hydroxyl groups is 1. The fourth-order valence-electron chi connectivity index (χ4n) is 1.80. The SMILES string of the molecule is CC1(O)CCN(Cc2ccco2)C1. The molecule has 1 fully saturated rings. The first-order valence-corrected chi connectivity index (χ1v) is 4.63. The average Bonchev–Trinajstić information content (AvgIpc) is 2.61. The van der Waals surface area contributed by atoms with E-state index in [4.69, 9.17) is 4.42 Å². The van der Waals surface area contributed by atoms with Crippen LogP contribution >= 0.6 is 0 Å². The highest BCUT2D eigenvalue weighted by Crippen LogP contribution is 2.21. The van der Waals surface area contributed by atoms with E-state index in [2.05, 4.69) is 4.90 Å². The van der Waals surface area contributed by atoms with Gasteiger partial charge >= 0.3 is 0 Å². The molecule has 0 aromatic carbocycles. The Morgan fingerprint density at radius 2 is 2.54 bits per heavy atom. The molecule has 0 amide bonds. The summed E-state index contributed by atoms with van der Waals surface area (Å²) in [5, 5.41) is 9.72. The Morgan fingerprint density at radius 3 is 3.08 bits per heavy atom. The zero-order chi connectivity index (χ0) is 9.31. The van der Waals surface area contributed by atoms with Crippen molar-refractivity contribution >= 4 is 0 Å². The molecule has 1 aliphatic rings. The van der Waals surface area contributed by atoms with E-state index in [1.54, 1.807) is 6.26 Å². The second kappa shape index (κ2) is 3.16. The van der Waals surface area contributed by atoms with Gasteiger partial charge in [0, 0.05) is 13.1 Å². The monoisotopic (exact) mass is 181 g/mol. The molecule has 3 heteroatoms. The van der Waals surface area contributed by atoms with Crippen LogP contribution in [0.4, 0.5) is 0 Å². The van der Waals surface area contributed by atoms with Crippen molar-refractivity contribution in [3.8, 4) is 0 Å². The second-order valence-corrected chi connectivity index (χ2v) is 4.04. The normalized spacial score (nSPS) is 29.7. The van der Waals surface area contributed by atoms with Gasteiger partial charge in [0.2, 0.25) is 0 Å². The maximum absolute atomic E-state index is 9.72. The van der Waals surface area contributed by atoms with Gasteiger partial charge in [0.05, 0.1) is 18.4 Å². The second-order valence-electron chi connectivity index (χ2n) is 4.04. The first-order valence-electron chi connectivity index (χ1n) is 4.63. The molecule has 0 saturated carbocycles. The van der Waals surface area contributed by atoms with Gasteiger partial charge in [-0.1, -0.05) is 0 Å². The van der Waals surface area contributed by atoms with Crippen molar-refractivity contribution < 1.29 is 9.52 Å². The van der Waals surface area contributed by atoms with Crippen molar-refractivity contribution in [1.82, 2.24) is 4.90 Å². The van der Waals surface area contributed by atoms with Crippen molar-refractivity contribution in [3.63, 3.8) is 0 Å². The van der Waals surface area contributed by atoms with Crippen LogP contribution in [0.5, 0.6) is 0 Å². The summed E-state index contributed by atoms with van der Waals surface area (Å²) in [7, 11) is 0. The standard InChI is InChI=1S/C10H15NO2/c1-10(12)4-5-11(8-10)7-9-3-2-6-13-9/h2-3,6,12H,4-5,7-8H2,1H3. The number of β-amino-alcohol motifs (C(OH)–C–C–N with tert-alkyl or cyclic N) is 1. The minimum atomic E-state index is -0.507. The molecule has 1 unspecified atom stereocenters. The van der Waals surface area contributed by atoms with Gasteiger partial charge in [0.25, 0.3) is 0 Å². The number of nitrogens with zero attached hydrogens (tertiary/aromatic N) is 1. The molecule has 0 spiro atoms. The van der Waals surface area contributed by atoms with Crippen LogP contribution in [0.1, 0.15) is 19.1 Å². The van der Waals surface area contributed by atoms with Crippen LogP contribution < -0.4 is 0 Å². The van der Waals surface area contributed by atoms with Gasteiger partial charge in [0.1, 0.15) is 5.76 Å². The lowest BCUT2D eigenvalue weighted by atomic mass is 10.1. The van der Waals surface area contributed by atoms with Gasteiger partial charge in [0.15, 0.2) is 0 Å². The van der Waals surface area contributed by atoms with E-state index in [1.807, 2.05) is 19.1 Å². The summed E-state index contributed by atoms with van der Waals surface area (Å²) in [6.07, 6.45) is 2.54. The van der Waals surface area contributed by atoms with Crippen LogP contribution in [-0.4, -0.2) is 28.7 Å². The van der Waals surface area contributed by atoms with Gasteiger partial charge in [-0.25, -0.2) is 0 Å². The molecule has 13 heavy (non-hydrogen) atoms. The summed E-state index contributed by atoms with van der Waals surface area (Å²) in [5.74, 6) is 0.970. The first-order chi connectivity index (χ1) is 6.16. The molecule has 0 radical (unpaired) electrons. The van der Waals surface area contributed by atoms with E-state index in [0.717, 1.165) is 31.8 Å². The maximum atomic E-state index is 9.72. The van der Waals surface area contributed by atoms with E-state index >= 15 is 0 Å². The van der Waals surface area contributed by atoms with E-state index < -0.39 is 5.60 Å². The number of hydrogen-bond donors (Lipinski definition) is 1. The number of furan rings is 1. The van der Waals surface area contributed by atoms with Crippen molar-refractivity contribution in [3.05, 3.63) is 24.2 Å².